The first-order valence-electron chi connectivity index (χ1n) is 7.57. The maximum Gasteiger partial charge on any atom is 0.374 e. The highest BCUT2D eigenvalue weighted by Gasteiger charge is 2.10. The summed E-state index contributed by atoms with van der Waals surface area (Å²) < 4.78 is 13.6. The van der Waals surface area contributed by atoms with Crippen LogP contribution in [0.2, 0.25) is 0 Å². The van der Waals surface area contributed by atoms with Crippen LogP contribution in [0, 0.1) is 6.92 Å². The number of rotatable bonds is 6. The molecule has 0 aliphatic rings. The standard InChI is InChI=1S/C8H10O4.C3H6O3.C3H8.C2H6/c1-6-2-3-7(12-6)8(10)11-5-4-9;4-1-2-6-3-5;1-3-2;1-2/h2-3,9H,4-5H2,1H3;3-4H,1-2H2;3H2,1-2H3;1-2H3. The number of hydrogen-bond acceptors (Lipinski definition) is 7. The molecule has 1 heterocycles. The van der Waals surface area contributed by atoms with Gasteiger partial charge in [-0.05, 0) is 19.1 Å². The van der Waals surface area contributed by atoms with Crippen LogP contribution in [0.5, 0.6) is 0 Å². The predicted octanol–water partition coefficient (Wildman–Crippen LogP) is 2.33. The van der Waals surface area contributed by atoms with Crippen molar-refractivity contribution in [3.8, 4) is 0 Å². The molecule has 0 radical (unpaired) electrons. The molecule has 0 atom stereocenters. The lowest BCUT2D eigenvalue weighted by molar-refractivity contribution is -0.129. The quantitative estimate of drug-likeness (QED) is 0.467. The van der Waals surface area contributed by atoms with E-state index in [4.69, 9.17) is 14.6 Å². The molecule has 0 aliphatic carbocycles. The molecule has 0 saturated heterocycles. The lowest BCUT2D eigenvalue weighted by Gasteiger charge is -1.97. The second-order valence-electron chi connectivity index (χ2n) is 3.67. The fourth-order valence-corrected chi connectivity index (χ4v) is 0.855. The number of carbonyl (C=O) groups is 2. The van der Waals surface area contributed by atoms with Crippen LogP contribution in [-0.2, 0) is 14.3 Å². The summed E-state index contributed by atoms with van der Waals surface area (Å²) in [5.74, 6) is 0.282. The van der Waals surface area contributed by atoms with Crippen LogP contribution in [-0.4, -0.2) is 49.1 Å². The highest BCUT2D eigenvalue weighted by Crippen LogP contribution is 2.07. The van der Waals surface area contributed by atoms with Crippen LogP contribution in [0.25, 0.3) is 0 Å². The highest BCUT2D eigenvalue weighted by molar-refractivity contribution is 5.86. The van der Waals surface area contributed by atoms with Gasteiger partial charge in [-0.2, -0.15) is 0 Å². The molecule has 1 aromatic heterocycles. The van der Waals surface area contributed by atoms with Gasteiger partial charge in [0.25, 0.3) is 6.47 Å². The van der Waals surface area contributed by atoms with Gasteiger partial charge in [-0.15, -0.1) is 0 Å². The third-order valence-electron chi connectivity index (χ3n) is 1.54. The molecule has 0 bridgehead atoms. The second kappa shape index (κ2) is 22.4. The van der Waals surface area contributed by atoms with Crippen LogP contribution < -0.4 is 0 Å². The van der Waals surface area contributed by atoms with Gasteiger partial charge in [0.2, 0.25) is 5.76 Å². The van der Waals surface area contributed by atoms with Gasteiger partial charge in [0, 0.05) is 0 Å². The van der Waals surface area contributed by atoms with Gasteiger partial charge < -0.3 is 24.1 Å². The lowest BCUT2D eigenvalue weighted by Crippen LogP contribution is -2.07. The number of hydrogen-bond donors (Lipinski definition) is 2. The van der Waals surface area contributed by atoms with E-state index in [1.54, 1.807) is 13.0 Å². The normalized spacial score (nSPS) is 8.13. The fourth-order valence-electron chi connectivity index (χ4n) is 0.855. The molecule has 0 unspecified atom stereocenters. The van der Waals surface area contributed by atoms with E-state index in [0.29, 0.717) is 12.2 Å². The number of aryl methyl sites for hydroxylation is 1. The highest BCUT2D eigenvalue weighted by atomic mass is 16.6. The maximum absolute atomic E-state index is 11.0. The number of ether oxygens (including phenoxy) is 2. The number of aliphatic hydroxyl groups excluding tert-OH is 2. The zero-order valence-corrected chi connectivity index (χ0v) is 14.7. The SMILES string of the molecule is CC.CCC.Cc1ccc(C(=O)OCCO)o1.O=COCCO. The molecule has 23 heavy (non-hydrogen) atoms. The molecule has 136 valence electrons. The van der Waals surface area contributed by atoms with Crippen LogP contribution in [0.3, 0.4) is 0 Å². The minimum absolute atomic E-state index is 0.00141. The Hall–Kier alpha value is -1.86. The molecular formula is C16H30O7. The minimum atomic E-state index is -0.544. The second-order valence-corrected chi connectivity index (χ2v) is 3.67. The summed E-state index contributed by atoms with van der Waals surface area (Å²) in [6.07, 6.45) is 1.25. The zero-order valence-electron chi connectivity index (χ0n) is 14.7. The Morgan fingerprint density at radius 1 is 1.17 bits per heavy atom. The van der Waals surface area contributed by atoms with Crippen molar-refractivity contribution in [2.45, 2.75) is 41.0 Å². The van der Waals surface area contributed by atoms with E-state index in [9.17, 15) is 9.59 Å². The van der Waals surface area contributed by atoms with Crippen LogP contribution >= 0.6 is 0 Å². The van der Waals surface area contributed by atoms with Gasteiger partial charge >= 0.3 is 5.97 Å². The van der Waals surface area contributed by atoms with Crippen molar-refractivity contribution < 1.29 is 33.7 Å². The van der Waals surface area contributed by atoms with E-state index in [0.717, 1.165) is 0 Å². The Morgan fingerprint density at radius 3 is 2.00 bits per heavy atom. The van der Waals surface area contributed by atoms with Crippen molar-refractivity contribution >= 4 is 12.4 Å². The first-order chi connectivity index (χ1) is 11.1. The van der Waals surface area contributed by atoms with Crippen LogP contribution in [0.4, 0.5) is 0 Å². The molecule has 1 aromatic rings. The molecule has 7 heteroatoms. The summed E-state index contributed by atoms with van der Waals surface area (Å²) in [4.78, 5) is 20.2. The van der Waals surface area contributed by atoms with Crippen molar-refractivity contribution in [3.63, 3.8) is 0 Å². The lowest BCUT2D eigenvalue weighted by atomic mass is 10.4. The van der Waals surface area contributed by atoms with Gasteiger partial charge in [0.15, 0.2) is 0 Å². The van der Waals surface area contributed by atoms with E-state index in [-0.39, 0.29) is 32.2 Å². The molecule has 0 aromatic carbocycles. The number of esters is 1. The molecular weight excluding hydrogens is 304 g/mol. The molecule has 0 fully saturated rings. The fraction of sp³-hybridized carbons (Fsp3) is 0.625. The summed E-state index contributed by atoms with van der Waals surface area (Å²) in [6.45, 7) is 10.1. The van der Waals surface area contributed by atoms with Gasteiger partial charge in [-0.25, -0.2) is 4.79 Å². The summed E-state index contributed by atoms with van der Waals surface area (Å²) in [5.41, 5.74) is 0. The topological polar surface area (TPSA) is 106 Å². The maximum atomic E-state index is 11.0. The van der Waals surface area contributed by atoms with Crippen molar-refractivity contribution in [1.29, 1.82) is 0 Å². The Bertz CT molecular complexity index is 361. The monoisotopic (exact) mass is 334 g/mol. The zero-order chi connectivity index (χ0) is 18.5. The largest absolute Gasteiger partial charge is 0.465 e. The van der Waals surface area contributed by atoms with Crippen molar-refractivity contribution in [2.24, 2.45) is 0 Å². The van der Waals surface area contributed by atoms with Gasteiger partial charge in [-0.1, -0.05) is 34.1 Å². The van der Waals surface area contributed by atoms with Crippen molar-refractivity contribution in [3.05, 3.63) is 23.7 Å². The Kier molecular flexibility index (Phi) is 25.4. The van der Waals surface area contributed by atoms with Gasteiger partial charge in [0.1, 0.15) is 19.0 Å². The van der Waals surface area contributed by atoms with E-state index < -0.39 is 5.97 Å². The van der Waals surface area contributed by atoms with E-state index in [1.807, 2.05) is 13.8 Å². The van der Waals surface area contributed by atoms with Crippen LogP contribution in [0.1, 0.15) is 50.4 Å². The van der Waals surface area contributed by atoms with Crippen LogP contribution in [0.15, 0.2) is 16.5 Å². The first kappa shape index (κ1) is 26.1. The average Bonchev–Trinajstić information content (AvgIpc) is 3.00. The number of carbonyl (C=O) groups excluding carboxylic acids is 2. The molecule has 0 amide bonds. The summed E-state index contributed by atoms with van der Waals surface area (Å²) in [6, 6.07) is 3.21. The summed E-state index contributed by atoms with van der Waals surface area (Å²) in [7, 11) is 0. The van der Waals surface area contributed by atoms with Gasteiger partial charge in [-0.3, -0.25) is 4.79 Å². The number of furan rings is 1. The van der Waals surface area contributed by atoms with Gasteiger partial charge in [0.05, 0.1) is 13.2 Å². The molecule has 1 rings (SSSR count). The third kappa shape index (κ3) is 20.1. The number of aliphatic hydroxyl groups is 2. The predicted molar refractivity (Wildman–Crippen MR) is 87.2 cm³/mol. The minimum Gasteiger partial charge on any atom is -0.465 e. The van der Waals surface area contributed by atoms with Crippen molar-refractivity contribution in [1.82, 2.24) is 0 Å². The first-order valence-corrected chi connectivity index (χ1v) is 7.57. The molecule has 7 nitrogen and oxygen atoms in total. The average molecular weight is 334 g/mol. The van der Waals surface area contributed by atoms with Crippen molar-refractivity contribution in [2.75, 3.05) is 26.4 Å². The van der Waals surface area contributed by atoms with E-state index >= 15 is 0 Å². The summed E-state index contributed by atoms with van der Waals surface area (Å²) >= 11 is 0. The molecule has 0 aliphatic heterocycles. The molecule has 2 N–H and O–H groups in total. The Balaban J connectivity index is -0.000000307. The molecule has 0 spiro atoms. The Morgan fingerprint density at radius 2 is 1.70 bits per heavy atom. The van der Waals surface area contributed by atoms with E-state index in [1.165, 1.54) is 12.5 Å². The molecule has 0 saturated carbocycles. The Labute approximate surface area is 138 Å². The smallest absolute Gasteiger partial charge is 0.374 e. The third-order valence-corrected chi connectivity index (χ3v) is 1.54. The summed E-state index contributed by atoms with van der Waals surface area (Å²) in [5, 5.41) is 16.3. The van der Waals surface area contributed by atoms with E-state index in [2.05, 4.69) is 23.3 Å².